The van der Waals surface area contributed by atoms with Crippen LogP contribution in [0.5, 0.6) is 0 Å². The number of aryl methyl sites for hydroxylation is 1. The molecule has 0 bridgehead atoms. The zero-order chi connectivity index (χ0) is 11.1. The summed E-state index contributed by atoms with van der Waals surface area (Å²) in [5.41, 5.74) is 2.08. The molecule has 1 aromatic carbocycles. The third-order valence-electron chi connectivity index (χ3n) is 2.49. The molecule has 0 aromatic heterocycles. The van der Waals surface area contributed by atoms with E-state index in [9.17, 15) is 4.79 Å². The van der Waals surface area contributed by atoms with E-state index in [1.54, 1.807) is 0 Å². The van der Waals surface area contributed by atoms with Gasteiger partial charge in [0.2, 0.25) is 0 Å². The van der Waals surface area contributed by atoms with Crippen LogP contribution in [0.3, 0.4) is 0 Å². The van der Waals surface area contributed by atoms with Crippen LogP contribution >= 0.6 is 15.9 Å². The number of carbonyl (C=O) groups excluding carboxylic acids is 1. The molecule has 1 aromatic rings. The van der Waals surface area contributed by atoms with Gasteiger partial charge in [-0.05, 0) is 24.8 Å². The van der Waals surface area contributed by atoms with E-state index in [2.05, 4.69) is 22.9 Å². The molecule has 0 amide bonds. The number of carbonyl (C=O) groups is 1. The molecule has 15 heavy (non-hydrogen) atoms. The van der Waals surface area contributed by atoms with Crippen LogP contribution in [0.15, 0.2) is 24.3 Å². The molecule has 0 aliphatic rings. The van der Waals surface area contributed by atoms with Crippen molar-refractivity contribution in [2.45, 2.75) is 32.6 Å². The monoisotopic (exact) mass is 268 g/mol. The number of unbranched alkanes of at least 4 members (excludes halogenated alkanes) is 1. The summed E-state index contributed by atoms with van der Waals surface area (Å²) in [5.74, 6) is 0.286. The Morgan fingerprint density at radius 2 is 2.00 bits per heavy atom. The van der Waals surface area contributed by atoms with Gasteiger partial charge >= 0.3 is 0 Å². The Hall–Kier alpha value is -0.630. The molecule has 0 aliphatic heterocycles. The Kier molecular flexibility index (Phi) is 5.62. The highest BCUT2D eigenvalue weighted by Crippen LogP contribution is 2.13. The van der Waals surface area contributed by atoms with Gasteiger partial charge in [0.25, 0.3) is 0 Å². The Labute approximate surface area is 100 Å². The highest BCUT2D eigenvalue weighted by atomic mass is 79.9. The van der Waals surface area contributed by atoms with E-state index in [0.29, 0.717) is 6.42 Å². The first-order chi connectivity index (χ1) is 7.29. The minimum Gasteiger partial charge on any atom is -0.294 e. The molecule has 0 atom stereocenters. The predicted octanol–water partition coefficient (Wildman–Crippen LogP) is 4.00. The van der Waals surface area contributed by atoms with Crippen LogP contribution in [-0.4, -0.2) is 11.1 Å². The maximum absolute atomic E-state index is 11.9. The summed E-state index contributed by atoms with van der Waals surface area (Å²) in [4.78, 5) is 11.9. The van der Waals surface area contributed by atoms with Crippen LogP contribution in [0, 0.1) is 0 Å². The Balaban J connectivity index is 2.64. The molecule has 2 heteroatoms. The number of hydrogen-bond donors (Lipinski definition) is 0. The van der Waals surface area contributed by atoms with Crippen molar-refractivity contribution in [3.8, 4) is 0 Å². The van der Waals surface area contributed by atoms with Crippen LogP contribution in [0.25, 0.3) is 0 Å². The van der Waals surface area contributed by atoms with Gasteiger partial charge in [-0.3, -0.25) is 4.79 Å². The maximum atomic E-state index is 11.9. The van der Waals surface area contributed by atoms with E-state index < -0.39 is 0 Å². The number of halogens is 1. The fourth-order valence-electron chi connectivity index (χ4n) is 1.62. The second kappa shape index (κ2) is 6.78. The highest BCUT2D eigenvalue weighted by molar-refractivity contribution is 9.09. The van der Waals surface area contributed by atoms with Gasteiger partial charge in [0.1, 0.15) is 0 Å². The SMILES string of the molecule is CCc1ccccc1C(=O)CCCCBr. The van der Waals surface area contributed by atoms with Crippen molar-refractivity contribution in [3.05, 3.63) is 35.4 Å². The Morgan fingerprint density at radius 1 is 1.27 bits per heavy atom. The molecule has 0 saturated heterocycles. The summed E-state index contributed by atoms with van der Waals surface area (Å²) in [5, 5.41) is 0.982. The third-order valence-corrected chi connectivity index (χ3v) is 3.05. The first-order valence-electron chi connectivity index (χ1n) is 5.46. The molecule has 0 radical (unpaired) electrons. The maximum Gasteiger partial charge on any atom is 0.163 e. The molecule has 1 rings (SSSR count). The van der Waals surface area contributed by atoms with Crippen LogP contribution in [0.1, 0.15) is 42.1 Å². The van der Waals surface area contributed by atoms with Gasteiger partial charge in [-0.15, -0.1) is 0 Å². The van der Waals surface area contributed by atoms with E-state index in [1.165, 1.54) is 5.56 Å². The summed E-state index contributed by atoms with van der Waals surface area (Å²) in [7, 11) is 0. The molecule has 0 heterocycles. The smallest absolute Gasteiger partial charge is 0.163 e. The zero-order valence-corrected chi connectivity index (χ0v) is 10.7. The summed E-state index contributed by atoms with van der Waals surface area (Å²) < 4.78 is 0. The first-order valence-corrected chi connectivity index (χ1v) is 6.58. The quantitative estimate of drug-likeness (QED) is 0.433. The molecular weight excluding hydrogens is 252 g/mol. The molecule has 0 unspecified atom stereocenters. The number of ketones is 1. The molecule has 0 saturated carbocycles. The van der Waals surface area contributed by atoms with Gasteiger partial charge < -0.3 is 0 Å². The second-order valence-electron chi connectivity index (χ2n) is 3.58. The van der Waals surface area contributed by atoms with E-state index in [0.717, 1.165) is 30.2 Å². The van der Waals surface area contributed by atoms with Gasteiger partial charge in [0.15, 0.2) is 5.78 Å². The van der Waals surface area contributed by atoms with Crippen LogP contribution in [-0.2, 0) is 6.42 Å². The summed E-state index contributed by atoms with van der Waals surface area (Å²) >= 11 is 3.37. The summed E-state index contributed by atoms with van der Waals surface area (Å²) in [6, 6.07) is 7.91. The summed E-state index contributed by atoms with van der Waals surface area (Å²) in [6.45, 7) is 2.09. The standard InChI is InChI=1S/C13H17BrO/c1-2-11-7-3-4-8-12(11)13(15)9-5-6-10-14/h3-4,7-8H,2,5-6,9-10H2,1H3. The van der Waals surface area contributed by atoms with Crippen LogP contribution < -0.4 is 0 Å². The number of hydrogen-bond acceptors (Lipinski definition) is 1. The van der Waals surface area contributed by atoms with E-state index in [4.69, 9.17) is 0 Å². The third kappa shape index (κ3) is 3.78. The minimum absolute atomic E-state index is 0.286. The lowest BCUT2D eigenvalue weighted by Crippen LogP contribution is -2.03. The van der Waals surface area contributed by atoms with Gasteiger partial charge in [0.05, 0.1) is 0 Å². The first kappa shape index (κ1) is 12.4. The number of alkyl halides is 1. The van der Waals surface area contributed by atoms with Crippen molar-refractivity contribution in [2.24, 2.45) is 0 Å². The number of benzene rings is 1. The van der Waals surface area contributed by atoms with Crippen molar-refractivity contribution >= 4 is 21.7 Å². The molecule has 1 nitrogen and oxygen atoms in total. The zero-order valence-electron chi connectivity index (χ0n) is 9.13. The molecule has 0 N–H and O–H groups in total. The fraction of sp³-hybridized carbons (Fsp3) is 0.462. The van der Waals surface area contributed by atoms with Crippen molar-refractivity contribution in [1.82, 2.24) is 0 Å². The Morgan fingerprint density at radius 3 is 2.67 bits per heavy atom. The average molecular weight is 269 g/mol. The largest absolute Gasteiger partial charge is 0.294 e. The van der Waals surface area contributed by atoms with Crippen LogP contribution in [0.4, 0.5) is 0 Å². The van der Waals surface area contributed by atoms with Gasteiger partial charge in [-0.1, -0.05) is 47.1 Å². The van der Waals surface area contributed by atoms with Gasteiger partial charge in [-0.25, -0.2) is 0 Å². The predicted molar refractivity (Wildman–Crippen MR) is 67.8 cm³/mol. The Bertz CT molecular complexity index is 320. The number of rotatable bonds is 6. The molecule has 0 aliphatic carbocycles. The number of Topliss-reactive ketones (excluding diaryl/α,β-unsaturated/α-hetero) is 1. The van der Waals surface area contributed by atoms with Crippen molar-refractivity contribution in [2.75, 3.05) is 5.33 Å². The lowest BCUT2D eigenvalue weighted by molar-refractivity contribution is 0.0979. The molecular formula is C13H17BrO. The van der Waals surface area contributed by atoms with E-state index in [-0.39, 0.29) is 5.78 Å². The average Bonchev–Trinajstić information content (AvgIpc) is 2.29. The minimum atomic E-state index is 0.286. The molecule has 0 spiro atoms. The van der Waals surface area contributed by atoms with Crippen molar-refractivity contribution < 1.29 is 4.79 Å². The van der Waals surface area contributed by atoms with Crippen molar-refractivity contribution in [3.63, 3.8) is 0 Å². The lowest BCUT2D eigenvalue weighted by atomic mass is 9.99. The van der Waals surface area contributed by atoms with Gasteiger partial charge in [-0.2, -0.15) is 0 Å². The van der Waals surface area contributed by atoms with E-state index >= 15 is 0 Å². The topological polar surface area (TPSA) is 17.1 Å². The molecule has 0 fully saturated rings. The highest BCUT2D eigenvalue weighted by Gasteiger charge is 2.08. The van der Waals surface area contributed by atoms with Gasteiger partial charge in [0, 0.05) is 17.3 Å². The second-order valence-corrected chi connectivity index (χ2v) is 4.37. The van der Waals surface area contributed by atoms with Crippen molar-refractivity contribution in [1.29, 1.82) is 0 Å². The summed E-state index contributed by atoms with van der Waals surface area (Å²) in [6.07, 6.45) is 3.64. The van der Waals surface area contributed by atoms with Crippen LogP contribution in [0.2, 0.25) is 0 Å². The van der Waals surface area contributed by atoms with E-state index in [1.807, 2.05) is 24.3 Å². The molecule has 82 valence electrons. The lowest BCUT2D eigenvalue weighted by Gasteiger charge is -2.05. The normalized spacial score (nSPS) is 10.3. The fourth-order valence-corrected chi connectivity index (χ4v) is 2.01.